The van der Waals surface area contributed by atoms with Crippen LogP contribution >= 0.6 is 47.8 Å². The van der Waals surface area contributed by atoms with E-state index in [1.165, 1.54) is 49.0 Å². The molecule has 104 valence electrons. The average molecular weight is 459 g/mol. The summed E-state index contributed by atoms with van der Waals surface area (Å²) in [5.74, 6) is 0. The minimum atomic E-state index is 1.01. The van der Waals surface area contributed by atoms with Crippen LogP contribution in [0.5, 0.6) is 0 Å². The van der Waals surface area contributed by atoms with E-state index in [0.717, 1.165) is 15.4 Å². The van der Waals surface area contributed by atoms with Gasteiger partial charge in [0.15, 0.2) is 0 Å². The second kappa shape index (κ2) is 4.96. The van der Waals surface area contributed by atoms with Gasteiger partial charge >= 0.3 is 0 Å². The molecule has 0 atom stereocenters. The van der Waals surface area contributed by atoms with Crippen molar-refractivity contribution in [2.45, 2.75) is 34.1 Å². The summed E-state index contributed by atoms with van der Waals surface area (Å²) in [7, 11) is 0. The largest absolute Gasteiger partial charge is 0.0549 e. The Kier molecular flexibility index (Phi) is 3.67. The number of aryl methyl sites for hydroxylation is 1. The van der Waals surface area contributed by atoms with Crippen molar-refractivity contribution < 1.29 is 0 Å². The molecule has 0 saturated heterocycles. The molecular formula is C17H15Br3. The number of hydrogen-bond donors (Lipinski definition) is 0. The molecule has 2 aromatic carbocycles. The summed E-state index contributed by atoms with van der Waals surface area (Å²) < 4.78 is 3.44. The number of hydrogen-bond acceptors (Lipinski definition) is 0. The monoisotopic (exact) mass is 456 g/mol. The van der Waals surface area contributed by atoms with Crippen molar-refractivity contribution in [1.29, 1.82) is 0 Å². The van der Waals surface area contributed by atoms with E-state index in [0.29, 0.717) is 0 Å². The Morgan fingerprint density at radius 3 is 2.05 bits per heavy atom. The maximum atomic E-state index is 3.76. The van der Waals surface area contributed by atoms with Crippen molar-refractivity contribution in [1.82, 2.24) is 0 Å². The average Bonchev–Trinajstić information content (AvgIpc) is 2.79. The number of benzene rings is 2. The van der Waals surface area contributed by atoms with Crippen molar-refractivity contribution in [2.75, 3.05) is 0 Å². The lowest BCUT2D eigenvalue weighted by atomic mass is 9.91. The Hall–Kier alpha value is -0.120. The summed E-state index contributed by atoms with van der Waals surface area (Å²) in [5.41, 5.74) is 11.2. The molecular weight excluding hydrogens is 444 g/mol. The zero-order valence-corrected chi connectivity index (χ0v) is 16.7. The summed E-state index contributed by atoms with van der Waals surface area (Å²) in [4.78, 5) is 0. The SMILES string of the molecule is Cc1cc2c(c(C)c1C)-c1c(C)c(Br)c(Br)c(Br)c1C2. The third kappa shape index (κ3) is 1.89. The predicted octanol–water partition coefficient (Wildman–Crippen LogP) is 6.78. The Labute approximate surface area is 145 Å². The minimum Gasteiger partial charge on any atom is -0.0549 e. The Bertz CT molecular complexity index is 758. The smallest absolute Gasteiger partial charge is 0.0465 e. The molecule has 20 heavy (non-hydrogen) atoms. The first-order valence-corrected chi connectivity index (χ1v) is 8.98. The van der Waals surface area contributed by atoms with E-state index >= 15 is 0 Å². The lowest BCUT2D eigenvalue weighted by molar-refractivity contribution is 1.19. The fourth-order valence-corrected chi connectivity index (χ4v) is 4.92. The molecule has 0 aromatic heterocycles. The fraction of sp³-hybridized carbons (Fsp3) is 0.294. The number of halogens is 3. The van der Waals surface area contributed by atoms with Gasteiger partial charge in [0.1, 0.15) is 0 Å². The lowest BCUT2D eigenvalue weighted by Gasteiger charge is -2.16. The van der Waals surface area contributed by atoms with E-state index in [-0.39, 0.29) is 0 Å². The summed E-state index contributed by atoms with van der Waals surface area (Å²) in [6.45, 7) is 8.88. The van der Waals surface area contributed by atoms with Crippen molar-refractivity contribution in [3.8, 4) is 11.1 Å². The maximum Gasteiger partial charge on any atom is 0.0465 e. The molecule has 1 aliphatic rings. The second-order valence-corrected chi connectivity index (χ2v) is 7.95. The Morgan fingerprint density at radius 2 is 1.40 bits per heavy atom. The molecule has 0 heterocycles. The topological polar surface area (TPSA) is 0 Å². The van der Waals surface area contributed by atoms with E-state index < -0.39 is 0 Å². The van der Waals surface area contributed by atoms with E-state index in [2.05, 4.69) is 81.6 Å². The number of rotatable bonds is 0. The van der Waals surface area contributed by atoms with Gasteiger partial charge in [-0.3, -0.25) is 0 Å². The van der Waals surface area contributed by atoms with Crippen molar-refractivity contribution in [3.05, 3.63) is 52.9 Å². The zero-order chi connectivity index (χ0) is 14.8. The highest BCUT2D eigenvalue weighted by molar-refractivity contribution is 9.14. The normalized spacial score (nSPS) is 12.6. The van der Waals surface area contributed by atoms with Gasteiger partial charge in [0, 0.05) is 13.4 Å². The van der Waals surface area contributed by atoms with E-state index in [1.54, 1.807) is 0 Å². The highest BCUT2D eigenvalue weighted by Crippen LogP contribution is 2.50. The zero-order valence-electron chi connectivity index (χ0n) is 11.9. The first-order chi connectivity index (χ1) is 9.34. The van der Waals surface area contributed by atoms with Gasteiger partial charge in [0.25, 0.3) is 0 Å². The lowest BCUT2D eigenvalue weighted by Crippen LogP contribution is -1.94. The van der Waals surface area contributed by atoms with Crippen molar-refractivity contribution in [2.24, 2.45) is 0 Å². The van der Waals surface area contributed by atoms with Gasteiger partial charge in [-0.25, -0.2) is 0 Å². The standard InChI is InChI=1S/C17H15Br3/c1-7-5-11-6-12-14(13(11)9(3)8(7)2)10(4)15(18)17(20)16(12)19/h5H,6H2,1-4H3. The van der Waals surface area contributed by atoms with Crippen LogP contribution in [0.25, 0.3) is 11.1 Å². The highest BCUT2D eigenvalue weighted by atomic mass is 79.9. The molecule has 0 spiro atoms. The Balaban J connectivity index is 2.45. The van der Waals surface area contributed by atoms with Gasteiger partial charge < -0.3 is 0 Å². The summed E-state index contributed by atoms with van der Waals surface area (Å²) >= 11 is 11.2. The van der Waals surface area contributed by atoms with Gasteiger partial charge in [-0.05, 0) is 126 Å². The van der Waals surface area contributed by atoms with Gasteiger partial charge in [-0.1, -0.05) is 6.07 Å². The molecule has 3 heteroatoms. The van der Waals surface area contributed by atoms with E-state index in [4.69, 9.17) is 0 Å². The summed E-state index contributed by atoms with van der Waals surface area (Å²) in [6, 6.07) is 2.35. The fourth-order valence-electron chi connectivity index (χ4n) is 3.19. The molecule has 0 fully saturated rings. The van der Waals surface area contributed by atoms with Gasteiger partial charge in [0.2, 0.25) is 0 Å². The van der Waals surface area contributed by atoms with Crippen LogP contribution in [-0.4, -0.2) is 0 Å². The van der Waals surface area contributed by atoms with Crippen LogP contribution < -0.4 is 0 Å². The van der Waals surface area contributed by atoms with Crippen LogP contribution in [0.4, 0.5) is 0 Å². The highest BCUT2D eigenvalue weighted by Gasteiger charge is 2.28. The number of fused-ring (bicyclic) bond motifs is 3. The van der Waals surface area contributed by atoms with Crippen LogP contribution in [0, 0.1) is 27.7 Å². The van der Waals surface area contributed by atoms with Gasteiger partial charge in [0.05, 0.1) is 0 Å². The quantitative estimate of drug-likeness (QED) is 0.326. The third-order valence-electron chi connectivity index (χ3n) is 4.51. The minimum absolute atomic E-state index is 1.01. The van der Waals surface area contributed by atoms with Crippen LogP contribution in [0.1, 0.15) is 33.4 Å². The van der Waals surface area contributed by atoms with Gasteiger partial charge in [-0.2, -0.15) is 0 Å². The van der Waals surface area contributed by atoms with E-state index in [1.807, 2.05) is 0 Å². The molecule has 0 saturated carbocycles. The first kappa shape index (κ1) is 14.8. The maximum absolute atomic E-state index is 3.76. The molecule has 0 unspecified atom stereocenters. The van der Waals surface area contributed by atoms with Crippen LogP contribution in [0.15, 0.2) is 19.5 Å². The van der Waals surface area contributed by atoms with Gasteiger partial charge in [-0.15, -0.1) is 0 Å². The summed E-state index contributed by atoms with van der Waals surface area (Å²) in [5, 5.41) is 0. The third-order valence-corrected chi connectivity index (χ3v) is 8.24. The molecule has 0 N–H and O–H groups in total. The summed E-state index contributed by atoms with van der Waals surface area (Å²) in [6.07, 6.45) is 1.01. The molecule has 0 aliphatic heterocycles. The first-order valence-electron chi connectivity index (χ1n) is 6.60. The molecule has 0 nitrogen and oxygen atoms in total. The van der Waals surface area contributed by atoms with Crippen molar-refractivity contribution >= 4 is 47.8 Å². The van der Waals surface area contributed by atoms with Crippen LogP contribution in [-0.2, 0) is 6.42 Å². The Morgan fingerprint density at radius 1 is 0.750 bits per heavy atom. The van der Waals surface area contributed by atoms with Crippen molar-refractivity contribution in [3.63, 3.8) is 0 Å². The molecule has 0 amide bonds. The van der Waals surface area contributed by atoms with Crippen LogP contribution in [0.3, 0.4) is 0 Å². The molecule has 2 aromatic rings. The molecule has 0 bridgehead atoms. The molecule has 0 radical (unpaired) electrons. The van der Waals surface area contributed by atoms with E-state index in [9.17, 15) is 0 Å². The second-order valence-electron chi connectivity index (χ2n) is 5.57. The van der Waals surface area contributed by atoms with Crippen LogP contribution in [0.2, 0.25) is 0 Å². The molecule has 3 rings (SSSR count). The predicted molar refractivity (Wildman–Crippen MR) is 96.7 cm³/mol. The molecule has 1 aliphatic carbocycles.